The van der Waals surface area contributed by atoms with E-state index >= 15 is 0 Å². The standard InChI is InChI=1S/C10H18O8S2/c1-2-3-4-5-6-16-10(11)9-7-17-19(12,13)8-20(14,15)18-9/h9H,2-8H2,1H3. The summed E-state index contributed by atoms with van der Waals surface area (Å²) >= 11 is 0. The summed E-state index contributed by atoms with van der Waals surface area (Å²) in [6.07, 6.45) is 2.00. The normalized spacial score (nSPS) is 24.8. The van der Waals surface area contributed by atoms with Crippen molar-refractivity contribution in [1.82, 2.24) is 0 Å². The highest BCUT2D eigenvalue weighted by Gasteiger charge is 2.37. The monoisotopic (exact) mass is 330 g/mol. The summed E-state index contributed by atoms with van der Waals surface area (Å²) in [4.78, 5) is 11.6. The second-order valence-corrected chi connectivity index (χ2v) is 7.93. The van der Waals surface area contributed by atoms with E-state index < -0.39 is 44.0 Å². The molecule has 10 heteroatoms. The van der Waals surface area contributed by atoms with Crippen LogP contribution in [0.1, 0.15) is 32.6 Å². The quantitative estimate of drug-likeness (QED) is 0.384. The maximum absolute atomic E-state index is 11.6. The topological polar surface area (TPSA) is 113 Å². The zero-order valence-electron chi connectivity index (χ0n) is 11.1. The third-order valence-electron chi connectivity index (χ3n) is 2.46. The van der Waals surface area contributed by atoms with Crippen LogP contribution < -0.4 is 0 Å². The van der Waals surface area contributed by atoms with Crippen molar-refractivity contribution in [2.75, 3.05) is 18.3 Å². The molecular weight excluding hydrogens is 312 g/mol. The minimum absolute atomic E-state index is 0.130. The van der Waals surface area contributed by atoms with Crippen LogP contribution in [0.5, 0.6) is 0 Å². The first-order valence-electron chi connectivity index (χ1n) is 6.20. The molecule has 20 heavy (non-hydrogen) atoms. The fourth-order valence-corrected chi connectivity index (χ4v) is 4.24. The Bertz CT molecular complexity index is 521. The minimum Gasteiger partial charge on any atom is -0.464 e. The zero-order chi connectivity index (χ0) is 15.2. The molecule has 1 heterocycles. The molecule has 0 bridgehead atoms. The largest absolute Gasteiger partial charge is 0.464 e. The molecule has 1 atom stereocenters. The van der Waals surface area contributed by atoms with Gasteiger partial charge in [-0.2, -0.15) is 16.8 Å². The molecule has 1 rings (SSSR count). The van der Waals surface area contributed by atoms with Gasteiger partial charge >= 0.3 is 5.97 Å². The van der Waals surface area contributed by atoms with Gasteiger partial charge in [-0.1, -0.05) is 26.2 Å². The van der Waals surface area contributed by atoms with E-state index in [-0.39, 0.29) is 6.61 Å². The maximum Gasteiger partial charge on any atom is 0.339 e. The lowest BCUT2D eigenvalue weighted by molar-refractivity contribution is -0.153. The third kappa shape index (κ3) is 6.16. The van der Waals surface area contributed by atoms with Gasteiger partial charge in [-0.3, -0.25) is 8.37 Å². The SMILES string of the molecule is CCCCCCOC(=O)C1COS(=O)(=O)CS(=O)(=O)O1. The number of ether oxygens (including phenoxy) is 1. The van der Waals surface area contributed by atoms with Crippen molar-refractivity contribution in [1.29, 1.82) is 0 Å². The summed E-state index contributed by atoms with van der Waals surface area (Å²) < 4.78 is 58.6. The first-order valence-corrected chi connectivity index (χ1v) is 9.36. The first-order chi connectivity index (χ1) is 9.26. The van der Waals surface area contributed by atoms with Crippen LogP contribution in [-0.4, -0.2) is 47.2 Å². The molecule has 0 spiro atoms. The third-order valence-corrected chi connectivity index (χ3v) is 5.79. The predicted octanol–water partition coefficient (Wildman–Crippen LogP) is 0.142. The Morgan fingerprint density at radius 1 is 1.15 bits per heavy atom. The number of hydrogen-bond donors (Lipinski definition) is 0. The van der Waals surface area contributed by atoms with Crippen molar-refractivity contribution in [3.63, 3.8) is 0 Å². The molecule has 0 saturated carbocycles. The van der Waals surface area contributed by atoms with E-state index in [1.54, 1.807) is 0 Å². The molecule has 1 saturated heterocycles. The van der Waals surface area contributed by atoms with Gasteiger partial charge in [0.1, 0.15) is 6.61 Å². The molecule has 1 unspecified atom stereocenters. The maximum atomic E-state index is 11.6. The number of hydrogen-bond acceptors (Lipinski definition) is 8. The lowest BCUT2D eigenvalue weighted by Gasteiger charge is -2.12. The molecular formula is C10H18O8S2. The van der Waals surface area contributed by atoms with Gasteiger partial charge < -0.3 is 4.74 Å². The highest BCUT2D eigenvalue weighted by Crippen LogP contribution is 2.14. The lowest BCUT2D eigenvalue weighted by Crippen LogP contribution is -2.31. The molecule has 1 aliphatic rings. The van der Waals surface area contributed by atoms with Crippen LogP contribution in [-0.2, 0) is 38.1 Å². The van der Waals surface area contributed by atoms with Crippen LogP contribution in [0, 0.1) is 0 Å². The molecule has 8 nitrogen and oxygen atoms in total. The Balaban J connectivity index is 2.52. The van der Waals surface area contributed by atoms with E-state index in [2.05, 4.69) is 8.37 Å². The highest BCUT2D eigenvalue weighted by molar-refractivity contribution is 8.03. The molecule has 0 aliphatic carbocycles. The summed E-state index contributed by atoms with van der Waals surface area (Å²) in [5.41, 5.74) is 0. The van der Waals surface area contributed by atoms with Crippen molar-refractivity contribution in [2.24, 2.45) is 0 Å². The number of rotatable bonds is 6. The second kappa shape index (κ2) is 7.34. The lowest BCUT2D eigenvalue weighted by atomic mass is 10.2. The Labute approximate surface area is 118 Å². The van der Waals surface area contributed by atoms with E-state index in [0.717, 1.165) is 19.3 Å². The number of carbonyl (C=O) groups is 1. The van der Waals surface area contributed by atoms with Crippen molar-refractivity contribution >= 4 is 26.2 Å². The molecule has 118 valence electrons. The Hall–Kier alpha value is -0.710. The van der Waals surface area contributed by atoms with Gasteiger partial charge in [0.05, 0.1) is 6.61 Å². The highest BCUT2D eigenvalue weighted by atomic mass is 32.3. The van der Waals surface area contributed by atoms with E-state index in [9.17, 15) is 21.6 Å². The molecule has 0 radical (unpaired) electrons. The molecule has 1 fully saturated rings. The van der Waals surface area contributed by atoms with Gasteiger partial charge in [0.25, 0.3) is 20.2 Å². The van der Waals surface area contributed by atoms with E-state index in [4.69, 9.17) is 4.74 Å². The van der Waals surface area contributed by atoms with Crippen molar-refractivity contribution in [2.45, 2.75) is 38.7 Å². The van der Waals surface area contributed by atoms with Crippen molar-refractivity contribution in [3.8, 4) is 0 Å². The number of esters is 1. The average molecular weight is 330 g/mol. The van der Waals surface area contributed by atoms with Crippen molar-refractivity contribution in [3.05, 3.63) is 0 Å². The summed E-state index contributed by atoms with van der Waals surface area (Å²) in [6.45, 7) is 1.47. The van der Waals surface area contributed by atoms with Crippen LogP contribution in [0.4, 0.5) is 0 Å². The summed E-state index contributed by atoms with van der Waals surface area (Å²) in [7, 11) is -8.62. The van der Waals surface area contributed by atoms with Gasteiger partial charge in [0.15, 0.2) is 6.10 Å². The molecule has 0 aromatic carbocycles. The van der Waals surface area contributed by atoms with Crippen LogP contribution in [0.15, 0.2) is 0 Å². The summed E-state index contributed by atoms with van der Waals surface area (Å²) in [5.74, 6) is -0.942. The van der Waals surface area contributed by atoms with Crippen LogP contribution in [0.25, 0.3) is 0 Å². The van der Waals surface area contributed by atoms with Gasteiger partial charge in [-0.15, -0.1) is 0 Å². The van der Waals surface area contributed by atoms with Gasteiger partial charge in [-0.05, 0) is 6.42 Å². The van der Waals surface area contributed by atoms with E-state index in [1.165, 1.54) is 0 Å². The summed E-state index contributed by atoms with van der Waals surface area (Å²) in [5, 5.41) is -1.31. The van der Waals surface area contributed by atoms with Gasteiger partial charge in [0, 0.05) is 0 Å². The molecule has 0 N–H and O–H groups in total. The van der Waals surface area contributed by atoms with Gasteiger partial charge in [0.2, 0.25) is 5.08 Å². The zero-order valence-corrected chi connectivity index (χ0v) is 12.7. The number of unbranched alkanes of at least 4 members (excludes halogenated alkanes) is 3. The molecule has 0 amide bonds. The smallest absolute Gasteiger partial charge is 0.339 e. The molecule has 1 aliphatic heterocycles. The van der Waals surface area contributed by atoms with Crippen LogP contribution in [0.2, 0.25) is 0 Å². The number of carbonyl (C=O) groups excluding carboxylic acids is 1. The first kappa shape index (κ1) is 17.3. The van der Waals surface area contributed by atoms with E-state index in [1.807, 2.05) is 6.92 Å². The van der Waals surface area contributed by atoms with Crippen LogP contribution in [0.3, 0.4) is 0 Å². The summed E-state index contributed by atoms with van der Waals surface area (Å²) in [6, 6.07) is 0. The Kier molecular flexibility index (Phi) is 6.37. The average Bonchev–Trinajstić information content (AvgIpc) is 2.43. The fourth-order valence-electron chi connectivity index (χ4n) is 1.51. The Morgan fingerprint density at radius 2 is 1.85 bits per heavy atom. The van der Waals surface area contributed by atoms with E-state index in [0.29, 0.717) is 6.42 Å². The van der Waals surface area contributed by atoms with Crippen LogP contribution >= 0.6 is 0 Å². The second-order valence-electron chi connectivity index (χ2n) is 4.33. The molecule has 0 aromatic rings. The molecule has 0 aromatic heterocycles. The van der Waals surface area contributed by atoms with Gasteiger partial charge in [-0.25, -0.2) is 4.79 Å². The fraction of sp³-hybridized carbons (Fsp3) is 0.900. The van der Waals surface area contributed by atoms with Crippen molar-refractivity contribution < 1.29 is 34.7 Å². The minimum atomic E-state index is -4.37. The predicted molar refractivity (Wildman–Crippen MR) is 68.6 cm³/mol. The Morgan fingerprint density at radius 3 is 2.50 bits per heavy atom.